The molecule has 108 valence electrons. The molecule has 1 aliphatic carbocycles. The van der Waals surface area contributed by atoms with E-state index in [0.29, 0.717) is 5.69 Å². The molecule has 1 saturated carbocycles. The molecule has 0 spiro atoms. The predicted octanol–water partition coefficient (Wildman–Crippen LogP) is 1.57. The summed E-state index contributed by atoms with van der Waals surface area (Å²) < 4.78 is 26.3. The zero-order valence-corrected chi connectivity index (χ0v) is 12.2. The SMILES string of the molecule is CC1C(=O)Nc2ccccc2CN1S(=O)(=O)CC1CC1. The maximum Gasteiger partial charge on any atom is 0.242 e. The van der Waals surface area contributed by atoms with Gasteiger partial charge in [0.2, 0.25) is 15.9 Å². The number of para-hydroxylation sites is 1. The quantitative estimate of drug-likeness (QED) is 0.920. The maximum atomic E-state index is 12.5. The summed E-state index contributed by atoms with van der Waals surface area (Å²) in [6.07, 6.45) is 1.95. The minimum absolute atomic E-state index is 0.160. The highest BCUT2D eigenvalue weighted by Gasteiger charge is 2.38. The van der Waals surface area contributed by atoms with Gasteiger partial charge >= 0.3 is 0 Å². The second-order valence-corrected chi connectivity index (χ2v) is 7.56. The van der Waals surface area contributed by atoms with Crippen LogP contribution in [-0.4, -0.2) is 30.4 Å². The zero-order chi connectivity index (χ0) is 14.3. The number of fused-ring (bicyclic) bond motifs is 1. The lowest BCUT2D eigenvalue weighted by Crippen LogP contribution is -2.44. The van der Waals surface area contributed by atoms with Crippen LogP contribution in [0.1, 0.15) is 25.3 Å². The normalized spacial score (nSPS) is 23.9. The molecule has 1 N–H and O–H groups in total. The summed E-state index contributed by atoms with van der Waals surface area (Å²) in [4.78, 5) is 12.1. The number of hydrogen-bond acceptors (Lipinski definition) is 3. The number of benzene rings is 1. The molecule has 1 amide bonds. The molecule has 0 saturated heterocycles. The lowest BCUT2D eigenvalue weighted by atomic mass is 10.2. The summed E-state index contributed by atoms with van der Waals surface area (Å²) in [5, 5.41) is 2.80. The van der Waals surface area contributed by atoms with E-state index in [2.05, 4.69) is 5.32 Å². The van der Waals surface area contributed by atoms with Crippen molar-refractivity contribution in [2.24, 2.45) is 5.92 Å². The highest BCUT2D eigenvalue weighted by molar-refractivity contribution is 7.89. The third kappa shape index (κ3) is 2.58. The van der Waals surface area contributed by atoms with Crippen LogP contribution in [0.2, 0.25) is 0 Å². The third-order valence-electron chi connectivity index (χ3n) is 3.91. The van der Waals surface area contributed by atoms with Crippen LogP contribution < -0.4 is 5.32 Å². The number of carbonyl (C=O) groups excluding carboxylic acids is 1. The number of anilines is 1. The van der Waals surface area contributed by atoms with Crippen LogP contribution >= 0.6 is 0 Å². The van der Waals surface area contributed by atoms with Crippen molar-refractivity contribution in [3.8, 4) is 0 Å². The largest absolute Gasteiger partial charge is 0.324 e. The summed E-state index contributed by atoms with van der Waals surface area (Å²) in [6.45, 7) is 1.90. The van der Waals surface area contributed by atoms with E-state index in [0.717, 1.165) is 18.4 Å². The molecule has 1 aromatic rings. The van der Waals surface area contributed by atoms with Crippen LogP contribution in [0.25, 0.3) is 0 Å². The fraction of sp³-hybridized carbons (Fsp3) is 0.500. The van der Waals surface area contributed by atoms with Crippen molar-refractivity contribution in [2.75, 3.05) is 11.1 Å². The van der Waals surface area contributed by atoms with Crippen LogP contribution in [0.15, 0.2) is 24.3 Å². The zero-order valence-electron chi connectivity index (χ0n) is 11.4. The van der Waals surface area contributed by atoms with Gasteiger partial charge in [0.25, 0.3) is 0 Å². The lowest BCUT2D eigenvalue weighted by molar-refractivity contribution is -0.119. The molecular formula is C14H18N2O3S. The van der Waals surface area contributed by atoms with E-state index in [9.17, 15) is 13.2 Å². The first kappa shape index (κ1) is 13.6. The van der Waals surface area contributed by atoms with Gasteiger partial charge < -0.3 is 5.32 Å². The summed E-state index contributed by atoms with van der Waals surface area (Å²) in [6, 6.07) is 6.67. The molecule has 1 atom stereocenters. The standard InChI is InChI=1S/C14H18N2O3S/c1-10-14(17)15-13-5-3-2-4-12(13)8-16(10)20(18,19)9-11-6-7-11/h2-5,10-11H,6-9H2,1H3,(H,15,17). The molecule has 3 rings (SSSR count). The van der Waals surface area contributed by atoms with E-state index in [1.807, 2.05) is 18.2 Å². The Morgan fingerprint density at radius 2 is 2.00 bits per heavy atom. The summed E-state index contributed by atoms with van der Waals surface area (Å²) in [5.74, 6) is 0.162. The molecule has 1 heterocycles. The van der Waals surface area contributed by atoms with Crippen molar-refractivity contribution >= 4 is 21.6 Å². The van der Waals surface area contributed by atoms with E-state index < -0.39 is 16.1 Å². The van der Waals surface area contributed by atoms with Crippen molar-refractivity contribution in [3.63, 3.8) is 0 Å². The molecule has 2 aliphatic rings. The Morgan fingerprint density at radius 1 is 1.30 bits per heavy atom. The Balaban J connectivity index is 1.95. The topological polar surface area (TPSA) is 66.5 Å². The molecule has 5 nitrogen and oxygen atoms in total. The van der Waals surface area contributed by atoms with Gasteiger partial charge in [-0.15, -0.1) is 0 Å². The molecule has 20 heavy (non-hydrogen) atoms. The summed E-state index contributed by atoms with van der Waals surface area (Å²) >= 11 is 0. The molecule has 1 unspecified atom stereocenters. The first-order valence-corrected chi connectivity index (χ1v) is 8.46. The number of rotatable bonds is 3. The molecule has 1 aromatic carbocycles. The van der Waals surface area contributed by atoms with Gasteiger partial charge in [-0.3, -0.25) is 4.79 Å². The van der Waals surface area contributed by atoms with Crippen molar-refractivity contribution < 1.29 is 13.2 Å². The monoisotopic (exact) mass is 294 g/mol. The van der Waals surface area contributed by atoms with Crippen molar-refractivity contribution in [1.29, 1.82) is 0 Å². The molecule has 0 radical (unpaired) electrons. The second kappa shape index (κ2) is 4.86. The van der Waals surface area contributed by atoms with Gasteiger partial charge in [-0.05, 0) is 37.3 Å². The fourth-order valence-electron chi connectivity index (χ4n) is 2.47. The van der Waals surface area contributed by atoms with Gasteiger partial charge in [-0.25, -0.2) is 8.42 Å². The van der Waals surface area contributed by atoms with Gasteiger partial charge in [0.1, 0.15) is 6.04 Å². The maximum absolute atomic E-state index is 12.5. The second-order valence-electron chi connectivity index (χ2n) is 5.59. The predicted molar refractivity (Wildman–Crippen MR) is 76.6 cm³/mol. The smallest absolute Gasteiger partial charge is 0.242 e. The van der Waals surface area contributed by atoms with Crippen LogP contribution in [0.5, 0.6) is 0 Å². The van der Waals surface area contributed by atoms with Crippen LogP contribution in [-0.2, 0) is 21.4 Å². The number of carbonyl (C=O) groups is 1. The Labute approximate surface area is 119 Å². The van der Waals surface area contributed by atoms with Crippen LogP contribution in [0, 0.1) is 5.92 Å². The number of hydrogen-bond donors (Lipinski definition) is 1. The summed E-state index contributed by atoms with van der Waals surface area (Å²) in [7, 11) is -3.40. The van der Waals surface area contributed by atoms with Gasteiger partial charge in [0.15, 0.2) is 0 Å². The Kier molecular flexibility index (Phi) is 3.30. The lowest BCUT2D eigenvalue weighted by Gasteiger charge is -2.24. The van der Waals surface area contributed by atoms with Crippen LogP contribution in [0.4, 0.5) is 5.69 Å². The number of nitrogens with zero attached hydrogens (tertiary/aromatic N) is 1. The van der Waals surface area contributed by atoms with Gasteiger partial charge in [-0.2, -0.15) is 4.31 Å². The minimum Gasteiger partial charge on any atom is -0.324 e. The molecular weight excluding hydrogens is 276 g/mol. The Hall–Kier alpha value is -1.40. The van der Waals surface area contributed by atoms with Gasteiger partial charge in [0.05, 0.1) is 5.75 Å². The Morgan fingerprint density at radius 3 is 2.70 bits per heavy atom. The average Bonchev–Trinajstić information content (AvgIpc) is 3.19. The van der Waals surface area contributed by atoms with Gasteiger partial charge in [-0.1, -0.05) is 18.2 Å². The molecule has 0 bridgehead atoms. The first-order chi connectivity index (χ1) is 9.47. The number of nitrogens with one attached hydrogen (secondary N) is 1. The third-order valence-corrected chi connectivity index (χ3v) is 5.97. The molecule has 1 aliphatic heterocycles. The van der Waals surface area contributed by atoms with Crippen LogP contribution in [0.3, 0.4) is 0 Å². The average molecular weight is 294 g/mol. The van der Waals surface area contributed by atoms with E-state index in [4.69, 9.17) is 0 Å². The summed E-state index contributed by atoms with van der Waals surface area (Å²) in [5.41, 5.74) is 1.54. The van der Waals surface area contributed by atoms with E-state index in [1.54, 1.807) is 13.0 Å². The minimum atomic E-state index is -3.40. The van der Waals surface area contributed by atoms with E-state index >= 15 is 0 Å². The molecule has 1 fully saturated rings. The van der Waals surface area contributed by atoms with Crippen molar-refractivity contribution in [2.45, 2.75) is 32.4 Å². The Bertz CT molecular complexity index is 638. The van der Waals surface area contributed by atoms with Gasteiger partial charge in [0, 0.05) is 12.2 Å². The van der Waals surface area contributed by atoms with Crippen molar-refractivity contribution in [1.82, 2.24) is 4.31 Å². The van der Waals surface area contributed by atoms with Crippen molar-refractivity contribution in [3.05, 3.63) is 29.8 Å². The fourth-order valence-corrected chi connectivity index (χ4v) is 4.50. The number of amides is 1. The molecule has 0 aromatic heterocycles. The first-order valence-electron chi connectivity index (χ1n) is 6.85. The number of sulfonamides is 1. The highest BCUT2D eigenvalue weighted by Crippen LogP contribution is 2.33. The van der Waals surface area contributed by atoms with E-state index in [-0.39, 0.29) is 24.1 Å². The van der Waals surface area contributed by atoms with E-state index in [1.165, 1.54) is 4.31 Å². The molecule has 6 heteroatoms. The highest BCUT2D eigenvalue weighted by atomic mass is 32.2.